The van der Waals surface area contributed by atoms with E-state index in [1.165, 1.54) is 5.57 Å². The molecular formula is C16H30O2. The number of ether oxygens (including phenoxy) is 2. The van der Waals surface area contributed by atoms with Crippen molar-refractivity contribution in [2.75, 3.05) is 6.61 Å². The fourth-order valence-electron chi connectivity index (χ4n) is 2.68. The lowest BCUT2D eigenvalue weighted by Gasteiger charge is -2.49. The van der Waals surface area contributed by atoms with Gasteiger partial charge in [0.25, 0.3) is 0 Å². The Bertz CT molecular complexity index is 300. The van der Waals surface area contributed by atoms with Crippen LogP contribution in [-0.2, 0) is 9.47 Å². The molecule has 2 heteroatoms. The lowest BCUT2D eigenvalue weighted by Crippen LogP contribution is -2.53. The molecule has 0 saturated carbocycles. The summed E-state index contributed by atoms with van der Waals surface area (Å²) < 4.78 is 12.3. The molecule has 0 aliphatic carbocycles. The molecule has 2 nitrogen and oxygen atoms in total. The lowest BCUT2D eigenvalue weighted by molar-refractivity contribution is -0.330. The van der Waals surface area contributed by atoms with Crippen LogP contribution in [0.15, 0.2) is 11.6 Å². The molecule has 1 aliphatic rings. The van der Waals surface area contributed by atoms with Crippen molar-refractivity contribution in [3.05, 3.63) is 11.6 Å². The molecule has 2 atom stereocenters. The Morgan fingerprint density at radius 3 is 2.39 bits per heavy atom. The fraction of sp³-hybridized carbons (Fsp3) is 0.875. The van der Waals surface area contributed by atoms with Crippen molar-refractivity contribution < 1.29 is 9.47 Å². The van der Waals surface area contributed by atoms with Gasteiger partial charge in [-0.1, -0.05) is 39.3 Å². The molecule has 0 N–H and O–H groups in total. The summed E-state index contributed by atoms with van der Waals surface area (Å²) >= 11 is 0. The van der Waals surface area contributed by atoms with Crippen LogP contribution >= 0.6 is 0 Å². The van der Waals surface area contributed by atoms with Gasteiger partial charge in [-0.25, -0.2) is 0 Å². The van der Waals surface area contributed by atoms with E-state index in [2.05, 4.69) is 54.5 Å². The van der Waals surface area contributed by atoms with Crippen LogP contribution in [-0.4, -0.2) is 18.5 Å². The molecule has 0 amide bonds. The summed E-state index contributed by atoms with van der Waals surface area (Å²) in [5.74, 6) is 0.0998. The quantitative estimate of drug-likeness (QED) is 0.685. The van der Waals surface area contributed by atoms with Gasteiger partial charge in [0.05, 0.1) is 12.7 Å². The van der Waals surface area contributed by atoms with Crippen molar-refractivity contribution in [2.45, 2.75) is 73.2 Å². The number of allylic oxidation sites excluding steroid dienone is 2. The van der Waals surface area contributed by atoms with Crippen LogP contribution in [0.5, 0.6) is 0 Å². The normalized spacial score (nSPS) is 31.4. The van der Waals surface area contributed by atoms with Gasteiger partial charge < -0.3 is 9.47 Å². The van der Waals surface area contributed by atoms with E-state index in [1.807, 2.05) is 0 Å². The van der Waals surface area contributed by atoms with E-state index in [-0.39, 0.29) is 11.5 Å². The third kappa shape index (κ3) is 4.10. The van der Waals surface area contributed by atoms with Gasteiger partial charge >= 0.3 is 0 Å². The second-order valence-corrected chi connectivity index (χ2v) is 7.01. The Morgan fingerprint density at radius 2 is 1.89 bits per heavy atom. The highest BCUT2D eigenvalue weighted by Crippen LogP contribution is 2.40. The second-order valence-electron chi connectivity index (χ2n) is 7.01. The largest absolute Gasteiger partial charge is 0.350 e. The summed E-state index contributed by atoms with van der Waals surface area (Å²) in [6.07, 6.45) is 4.46. The molecule has 1 heterocycles. The maximum Gasteiger partial charge on any atom is 0.166 e. The highest BCUT2D eigenvalue weighted by molar-refractivity contribution is 4.94. The first-order chi connectivity index (χ1) is 8.16. The van der Waals surface area contributed by atoms with Gasteiger partial charge in [-0.05, 0) is 33.1 Å². The van der Waals surface area contributed by atoms with Crippen molar-refractivity contribution in [1.29, 1.82) is 0 Å². The fourth-order valence-corrected chi connectivity index (χ4v) is 2.68. The third-order valence-electron chi connectivity index (χ3n) is 3.65. The predicted molar refractivity (Wildman–Crippen MR) is 76.5 cm³/mol. The standard InChI is InChI=1S/C16H30O2/c1-12(2)9-8-10-16(7)17-11-15(5,6)14(18-16)13(3)4/h9,13-14H,8,10-11H2,1-7H3/t14-,16+/m0/s1. The molecule has 0 radical (unpaired) electrons. The Hall–Kier alpha value is -0.340. The average molecular weight is 254 g/mol. The van der Waals surface area contributed by atoms with Crippen LogP contribution in [0.25, 0.3) is 0 Å². The highest BCUT2D eigenvalue weighted by atomic mass is 16.7. The Balaban J connectivity index is 2.66. The number of hydrogen-bond acceptors (Lipinski definition) is 2. The minimum Gasteiger partial charge on any atom is -0.350 e. The molecule has 18 heavy (non-hydrogen) atoms. The SMILES string of the molecule is CC(C)=CCC[C@]1(C)OCC(C)(C)[C@H](C(C)C)O1. The highest BCUT2D eigenvalue weighted by Gasteiger charge is 2.44. The van der Waals surface area contributed by atoms with Crippen molar-refractivity contribution in [2.24, 2.45) is 11.3 Å². The minimum absolute atomic E-state index is 0.101. The van der Waals surface area contributed by atoms with E-state index >= 15 is 0 Å². The van der Waals surface area contributed by atoms with Crippen LogP contribution in [0.1, 0.15) is 61.3 Å². The van der Waals surface area contributed by atoms with E-state index < -0.39 is 5.79 Å². The Labute approximate surface area is 113 Å². The van der Waals surface area contributed by atoms with E-state index in [4.69, 9.17) is 9.47 Å². The smallest absolute Gasteiger partial charge is 0.166 e. The van der Waals surface area contributed by atoms with Gasteiger partial charge in [0.1, 0.15) is 0 Å². The van der Waals surface area contributed by atoms with Crippen molar-refractivity contribution in [3.63, 3.8) is 0 Å². The predicted octanol–water partition coefficient (Wildman–Crippen LogP) is 4.55. The van der Waals surface area contributed by atoms with E-state index in [9.17, 15) is 0 Å². The number of rotatable bonds is 4. The molecule has 1 aliphatic heterocycles. The molecular weight excluding hydrogens is 224 g/mol. The summed E-state index contributed by atoms with van der Waals surface area (Å²) in [6, 6.07) is 0. The third-order valence-corrected chi connectivity index (χ3v) is 3.65. The van der Waals surface area contributed by atoms with E-state index in [0.29, 0.717) is 5.92 Å². The monoisotopic (exact) mass is 254 g/mol. The molecule has 1 fully saturated rings. The first-order valence-corrected chi connectivity index (χ1v) is 7.11. The van der Waals surface area contributed by atoms with Crippen LogP contribution in [0, 0.1) is 11.3 Å². The summed E-state index contributed by atoms with van der Waals surface area (Å²) in [5.41, 5.74) is 1.46. The van der Waals surface area contributed by atoms with Crippen LogP contribution < -0.4 is 0 Å². The molecule has 0 aromatic carbocycles. The molecule has 0 bridgehead atoms. The van der Waals surface area contributed by atoms with Gasteiger partial charge in [0.15, 0.2) is 5.79 Å². The zero-order valence-corrected chi connectivity index (χ0v) is 13.2. The molecule has 1 rings (SSSR count). The molecule has 106 valence electrons. The Morgan fingerprint density at radius 1 is 1.28 bits per heavy atom. The summed E-state index contributed by atoms with van der Waals surface area (Å²) in [5, 5.41) is 0. The summed E-state index contributed by atoms with van der Waals surface area (Å²) in [7, 11) is 0. The first-order valence-electron chi connectivity index (χ1n) is 7.11. The summed E-state index contributed by atoms with van der Waals surface area (Å²) in [4.78, 5) is 0. The lowest BCUT2D eigenvalue weighted by atomic mass is 9.80. The van der Waals surface area contributed by atoms with Crippen molar-refractivity contribution in [1.82, 2.24) is 0 Å². The maximum atomic E-state index is 6.28. The zero-order valence-electron chi connectivity index (χ0n) is 13.2. The molecule has 1 saturated heterocycles. The van der Waals surface area contributed by atoms with Crippen LogP contribution in [0.4, 0.5) is 0 Å². The van der Waals surface area contributed by atoms with Crippen molar-refractivity contribution in [3.8, 4) is 0 Å². The van der Waals surface area contributed by atoms with Gasteiger partial charge in [0, 0.05) is 11.8 Å². The van der Waals surface area contributed by atoms with Crippen molar-refractivity contribution >= 4 is 0 Å². The molecule has 0 spiro atoms. The second kappa shape index (κ2) is 5.75. The topological polar surface area (TPSA) is 18.5 Å². The minimum atomic E-state index is -0.420. The van der Waals surface area contributed by atoms with Gasteiger partial charge in [-0.2, -0.15) is 0 Å². The maximum absolute atomic E-state index is 6.28. The number of hydrogen-bond donors (Lipinski definition) is 0. The van der Waals surface area contributed by atoms with Crippen LogP contribution in [0.2, 0.25) is 0 Å². The average Bonchev–Trinajstić information content (AvgIpc) is 2.21. The summed E-state index contributed by atoms with van der Waals surface area (Å²) in [6.45, 7) is 16.0. The molecule has 0 unspecified atom stereocenters. The zero-order chi connectivity index (χ0) is 14.0. The Kier molecular flexibility index (Phi) is 5.02. The van der Waals surface area contributed by atoms with E-state index in [1.54, 1.807) is 0 Å². The van der Waals surface area contributed by atoms with Gasteiger partial charge in [0.2, 0.25) is 0 Å². The van der Waals surface area contributed by atoms with Gasteiger partial charge in [-0.3, -0.25) is 0 Å². The van der Waals surface area contributed by atoms with Gasteiger partial charge in [-0.15, -0.1) is 0 Å². The molecule has 0 aromatic rings. The first kappa shape index (κ1) is 15.7. The van der Waals surface area contributed by atoms with Crippen LogP contribution in [0.3, 0.4) is 0 Å². The molecule has 0 aromatic heterocycles. The van der Waals surface area contributed by atoms with E-state index in [0.717, 1.165) is 19.4 Å².